The third-order valence-electron chi connectivity index (χ3n) is 17.0. The minimum absolute atomic E-state index is 0.236. The third-order valence-corrected chi connectivity index (χ3v) is 17.0. The van der Waals surface area contributed by atoms with Crippen LogP contribution in [0.2, 0.25) is 0 Å². The van der Waals surface area contributed by atoms with Gasteiger partial charge in [-0.3, -0.25) is 4.79 Å². The monoisotopic (exact) mass is 1190 g/mol. The number of carbonyl (C=O) groups excluding carboxylic acids is 1. The van der Waals surface area contributed by atoms with Crippen molar-refractivity contribution in [3.05, 3.63) is 48.6 Å². The Kier molecular flexibility index (Phi) is 51.1. The molecule has 2 aliphatic rings. The van der Waals surface area contributed by atoms with E-state index >= 15 is 0 Å². The standard InChI is InChI=1S/C70H129NO13/c1-3-5-7-9-11-13-15-17-19-21-22-23-24-25-26-27-28-29-30-31-32-33-34-35-36-38-40-42-44-46-48-50-52-54-62(75)71-58(59(74)53-51-49-47-45-43-41-39-37-20-18-16-14-12-10-8-6-4-2)57-81-69-67(80)65(78)68(61(56-73)83-69)84-70-66(79)64(77)63(76)60(55-72)82-70/h15,17,21-22,24-25,51,53,58-61,63-70,72-74,76-80H,3-14,16,18-20,23,26-50,52,54-57H2,1-2H3,(H,71,75)/b17-15-,22-21-,25-24-,53-51+. The number of carbonyl (C=O) groups is 1. The zero-order chi connectivity index (χ0) is 60.9. The number of aliphatic hydroxyl groups is 8. The van der Waals surface area contributed by atoms with Crippen molar-refractivity contribution in [2.45, 2.75) is 370 Å². The lowest BCUT2D eigenvalue weighted by molar-refractivity contribution is -0.359. The minimum atomic E-state index is -1.79. The molecular weight excluding hydrogens is 1060 g/mol. The smallest absolute Gasteiger partial charge is 0.220 e. The Balaban J connectivity index is 1.64. The third kappa shape index (κ3) is 39.1. The highest BCUT2D eigenvalue weighted by molar-refractivity contribution is 5.76. The molecule has 0 aromatic rings. The van der Waals surface area contributed by atoms with Crippen LogP contribution >= 0.6 is 0 Å². The van der Waals surface area contributed by atoms with E-state index in [0.717, 1.165) is 51.4 Å². The van der Waals surface area contributed by atoms with Gasteiger partial charge in [-0.05, 0) is 57.8 Å². The molecule has 9 N–H and O–H groups in total. The summed E-state index contributed by atoms with van der Waals surface area (Å²) in [7, 11) is 0. The largest absolute Gasteiger partial charge is 0.394 e. The van der Waals surface area contributed by atoms with Gasteiger partial charge in [0.15, 0.2) is 12.6 Å². The summed E-state index contributed by atoms with van der Waals surface area (Å²) in [4.78, 5) is 13.3. The van der Waals surface area contributed by atoms with Gasteiger partial charge in [0, 0.05) is 6.42 Å². The van der Waals surface area contributed by atoms with Gasteiger partial charge in [-0.1, -0.05) is 281 Å². The first kappa shape index (κ1) is 78.0. The highest BCUT2D eigenvalue weighted by Gasteiger charge is 2.51. The zero-order valence-electron chi connectivity index (χ0n) is 53.4. The molecule has 0 saturated carbocycles. The summed E-state index contributed by atoms with van der Waals surface area (Å²) in [6, 6.07) is -0.915. The normalized spacial score (nSPS) is 23.9. The molecule has 84 heavy (non-hydrogen) atoms. The molecule has 2 aliphatic heterocycles. The Hall–Kier alpha value is -2.05. The fourth-order valence-electron chi connectivity index (χ4n) is 11.4. The van der Waals surface area contributed by atoms with Crippen molar-refractivity contribution < 1.29 is 64.6 Å². The Morgan fingerprint density at radius 1 is 0.429 bits per heavy atom. The van der Waals surface area contributed by atoms with E-state index in [1.807, 2.05) is 6.08 Å². The maximum atomic E-state index is 13.3. The first-order chi connectivity index (χ1) is 41.1. The van der Waals surface area contributed by atoms with E-state index in [1.165, 1.54) is 218 Å². The summed E-state index contributed by atoms with van der Waals surface area (Å²) in [5, 5.41) is 87.3. The molecule has 0 aromatic carbocycles. The number of rotatable bonds is 57. The summed E-state index contributed by atoms with van der Waals surface area (Å²) in [6.45, 7) is 2.82. The highest BCUT2D eigenvalue weighted by Crippen LogP contribution is 2.30. The van der Waals surface area contributed by atoms with Crippen molar-refractivity contribution in [3.63, 3.8) is 0 Å². The van der Waals surface area contributed by atoms with E-state index in [4.69, 9.17) is 18.9 Å². The summed E-state index contributed by atoms with van der Waals surface area (Å²) >= 11 is 0. The number of hydrogen-bond acceptors (Lipinski definition) is 13. The first-order valence-electron chi connectivity index (χ1n) is 34.9. The molecule has 2 fully saturated rings. The van der Waals surface area contributed by atoms with Gasteiger partial charge < -0.3 is 65.1 Å². The Bertz CT molecular complexity index is 1590. The quantitative estimate of drug-likeness (QED) is 0.0204. The maximum absolute atomic E-state index is 13.3. The van der Waals surface area contributed by atoms with Crippen LogP contribution in [0.1, 0.15) is 296 Å². The number of allylic oxidation sites excluding steroid dienone is 7. The van der Waals surface area contributed by atoms with Gasteiger partial charge in [0.1, 0.15) is 48.8 Å². The van der Waals surface area contributed by atoms with Gasteiger partial charge in [-0.25, -0.2) is 0 Å². The first-order valence-corrected chi connectivity index (χ1v) is 34.9. The predicted molar refractivity (Wildman–Crippen MR) is 341 cm³/mol. The Morgan fingerprint density at radius 3 is 1.20 bits per heavy atom. The SMILES string of the molecule is CCCCCCC/C=C\C/C=C\C/C=C\CCCCCCCCCCCCCCCCCCCCC(=O)NC(COC1OC(CO)C(OC2OC(CO)C(O)C(O)C2O)C(O)C1O)C(O)/C=C/CCCCCCCCCCCCCCCCC. The molecule has 0 bridgehead atoms. The molecule has 0 aromatic heterocycles. The van der Waals surface area contributed by atoms with E-state index in [9.17, 15) is 45.6 Å². The molecule has 2 saturated heterocycles. The number of amides is 1. The lowest BCUT2D eigenvalue weighted by Crippen LogP contribution is -2.65. The second kappa shape index (κ2) is 55.1. The second-order valence-corrected chi connectivity index (χ2v) is 24.7. The number of nitrogens with one attached hydrogen (secondary N) is 1. The number of hydrogen-bond donors (Lipinski definition) is 9. The average Bonchev–Trinajstić information content (AvgIpc) is 3.17. The zero-order valence-corrected chi connectivity index (χ0v) is 53.4. The molecule has 0 radical (unpaired) electrons. The fraction of sp³-hybridized carbons (Fsp3) is 0.871. The van der Waals surface area contributed by atoms with Gasteiger partial charge in [0.25, 0.3) is 0 Å². The summed E-state index contributed by atoms with van der Waals surface area (Å²) < 4.78 is 22.8. The van der Waals surface area contributed by atoms with Gasteiger partial charge in [-0.15, -0.1) is 0 Å². The predicted octanol–water partition coefficient (Wildman–Crippen LogP) is 13.9. The van der Waals surface area contributed by atoms with E-state index in [1.54, 1.807) is 6.08 Å². The van der Waals surface area contributed by atoms with Crippen LogP contribution in [0, 0.1) is 0 Å². The van der Waals surface area contributed by atoms with Crippen LogP contribution in [0.25, 0.3) is 0 Å². The van der Waals surface area contributed by atoms with Crippen molar-refractivity contribution in [2.75, 3.05) is 19.8 Å². The van der Waals surface area contributed by atoms with E-state index in [0.29, 0.717) is 6.42 Å². The molecule has 492 valence electrons. The lowest BCUT2D eigenvalue weighted by Gasteiger charge is -2.46. The number of ether oxygens (including phenoxy) is 4. The Morgan fingerprint density at radius 2 is 0.786 bits per heavy atom. The van der Waals surface area contributed by atoms with Crippen LogP contribution in [0.3, 0.4) is 0 Å². The topological polar surface area (TPSA) is 228 Å². The van der Waals surface area contributed by atoms with Crippen molar-refractivity contribution in [2.24, 2.45) is 0 Å². The van der Waals surface area contributed by atoms with Gasteiger partial charge >= 0.3 is 0 Å². The van der Waals surface area contributed by atoms with Crippen LogP contribution in [0.5, 0.6) is 0 Å². The van der Waals surface area contributed by atoms with E-state index in [2.05, 4.69) is 55.6 Å². The summed E-state index contributed by atoms with van der Waals surface area (Å²) in [6.07, 6.45) is 54.5. The van der Waals surface area contributed by atoms with Crippen molar-refractivity contribution in [1.82, 2.24) is 5.32 Å². The molecule has 2 rings (SSSR count). The van der Waals surface area contributed by atoms with Gasteiger partial charge in [0.05, 0.1) is 32.0 Å². The molecule has 14 nitrogen and oxygen atoms in total. The number of unbranched alkanes of at least 4 members (excludes halogenated alkanes) is 38. The Labute approximate surface area is 512 Å². The number of aliphatic hydroxyl groups excluding tert-OH is 8. The van der Waals surface area contributed by atoms with Crippen molar-refractivity contribution in [3.8, 4) is 0 Å². The van der Waals surface area contributed by atoms with Crippen LogP contribution in [-0.2, 0) is 23.7 Å². The molecule has 1 amide bonds. The molecular formula is C70H129NO13. The molecule has 2 heterocycles. The fourth-order valence-corrected chi connectivity index (χ4v) is 11.4. The van der Waals surface area contributed by atoms with Crippen LogP contribution in [-0.4, -0.2) is 140 Å². The van der Waals surface area contributed by atoms with E-state index < -0.39 is 86.8 Å². The second-order valence-electron chi connectivity index (χ2n) is 24.7. The van der Waals surface area contributed by atoms with Crippen molar-refractivity contribution in [1.29, 1.82) is 0 Å². The maximum Gasteiger partial charge on any atom is 0.220 e. The molecule has 0 spiro atoms. The molecule has 12 atom stereocenters. The molecule has 12 unspecified atom stereocenters. The summed E-state index contributed by atoms with van der Waals surface area (Å²) in [5.74, 6) is -0.236. The highest BCUT2D eigenvalue weighted by atomic mass is 16.7. The van der Waals surface area contributed by atoms with Gasteiger partial charge in [-0.2, -0.15) is 0 Å². The van der Waals surface area contributed by atoms with Crippen LogP contribution in [0.4, 0.5) is 0 Å². The van der Waals surface area contributed by atoms with Crippen molar-refractivity contribution >= 4 is 5.91 Å². The lowest BCUT2D eigenvalue weighted by atomic mass is 9.97. The van der Waals surface area contributed by atoms with E-state index in [-0.39, 0.29) is 18.9 Å². The van der Waals surface area contributed by atoms with Crippen LogP contribution < -0.4 is 5.32 Å². The molecule has 14 heteroatoms. The van der Waals surface area contributed by atoms with Gasteiger partial charge in [0.2, 0.25) is 5.91 Å². The average molecular weight is 1190 g/mol. The summed E-state index contributed by atoms with van der Waals surface area (Å²) in [5.41, 5.74) is 0. The van der Waals surface area contributed by atoms with Crippen LogP contribution in [0.15, 0.2) is 48.6 Å². The minimum Gasteiger partial charge on any atom is -0.394 e. The molecule has 0 aliphatic carbocycles.